The van der Waals surface area contributed by atoms with Crippen LogP contribution in [0.4, 0.5) is 0 Å². The van der Waals surface area contributed by atoms with Gasteiger partial charge in [-0.1, -0.05) is 0 Å². The second-order valence-electron chi connectivity index (χ2n) is 4.04. The molecule has 12 heavy (non-hydrogen) atoms. The van der Waals surface area contributed by atoms with Crippen LogP contribution in [0.3, 0.4) is 0 Å². The van der Waals surface area contributed by atoms with E-state index in [0.717, 1.165) is 6.04 Å². The molecule has 70 valence electrons. The van der Waals surface area contributed by atoms with Gasteiger partial charge in [0.05, 0.1) is 0 Å². The average molecular weight is 169 g/mol. The number of hydrogen-bond donors (Lipinski definition) is 1. The van der Waals surface area contributed by atoms with Crippen molar-refractivity contribution in [3.05, 3.63) is 0 Å². The van der Waals surface area contributed by atoms with E-state index in [0.29, 0.717) is 0 Å². The Hall–Kier alpha value is -0.120. The van der Waals surface area contributed by atoms with Crippen LogP contribution in [0.2, 0.25) is 0 Å². The molecule has 1 N–H and O–H groups in total. The molecule has 1 unspecified atom stereocenters. The van der Waals surface area contributed by atoms with E-state index in [-0.39, 0.29) is 0 Å². The number of rotatable bonds is 2. The summed E-state index contributed by atoms with van der Waals surface area (Å²) in [6, 6.07) is 0.799. The third-order valence-electron chi connectivity index (χ3n) is 3.00. The minimum atomic E-state index is 0.799. The third kappa shape index (κ3) is 1.97. The fraction of sp³-hybridized carbons (Fsp3) is 1.00. The van der Waals surface area contributed by atoms with Crippen LogP contribution in [0.15, 0.2) is 0 Å². The van der Waals surface area contributed by atoms with Crippen LogP contribution >= 0.6 is 0 Å². The van der Waals surface area contributed by atoms with Crippen molar-refractivity contribution in [3.63, 3.8) is 0 Å². The molecule has 2 aliphatic heterocycles. The summed E-state index contributed by atoms with van der Waals surface area (Å²) in [5.41, 5.74) is 0. The van der Waals surface area contributed by atoms with Crippen molar-refractivity contribution < 1.29 is 0 Å². The molecule has 0 aliphatic carbocycles. The van der Waals surface area contributed by atoms with Gasteiger partial charge in [-0.3, -0.25) is 4.90 Å². The van der Waals surface area contributed by atoms with Crippen molar-refractivity contribution in [2.75, 3.05) is 46.3 Å². The molecule has 2 saturated heterocycles. The second kappa shape index (κ2) is 3.73. The molecule has 3 heteroatoms. The van der Waals surface area contributed by atoms with Gasteiger partial charge in [0.25, 0.3) is 0 Å². The molecular formula is C9H19N3. The standard InChI is InChI=1S/C9H19N3/c1-11-4-6-12(7-5-11)8-9-2-3-10-9/h9-10H,2-8H2,1H3. The van der Waals surface area contributed by atoms with Crippen molar-refractivity contribution >= 4 is 0 Å². The van der Waals surface area contributed by atoms with Crippen LogP contribution in [0.1, 0.15) is 6.42 Å². The Kier molecular flexibility index (Phi) is 2.63. The SMILES string of the molecule is CN1CCN(CC2CCN2)CC1. The summed E-state index contributed by atoms with van der Waals surface area (Å²) >= 11 is 0. The number of likely N-dealkylation sites (N-methyl/N-ethyl adjacent to an activating group) is 1. The fourth-order valence-electron chi connectivity index (χ4n) is 1.85. The van der Waals surface area contributed by atoms with Crippen molar-refractivity contribution in [1.29, 1.82) is 0 Å². The van der Waals surface area contributed by atoms with Gasteiger partial charge in [0, 0.05) is 38.8 Å². The van der Waals surface area contributed by atoms with Crippen molar-refractivity contribution in [2.45, 2.75) is 12.5 Å². The highest BCUT2D eigenvalue weighted by molar-refractivity contribution is 4.82. The van der Waals surface area contributed by atoms with Crippen molar-refractivity contribution in [1.82, 2.24) is 15.1 Å². The van der Waals surface area contributed by atoms with Crippen LogP contribution < -0.4 is 5.32 Å². The summed E-state index contributed by atoms with van der Waals surface area (Å²) in [6.45, 7) is 7.51. The van der Waals surface area contributed by atoms with E-state index >= 15 is 0 Å². The molecule has 0 aromatic heterocycles. The predicted octanol–water partition coefficient (Wildman–Crippen LogP) is -0.404. The van der Waals surface area contributed by atoms with E-state index in [4.69, 9.17) is 0 Å². The van der Waals surface area contributed by atoms with Crippen molar-refractivity contribution in [2.24, 2.45) is 0 Å². The largest absolute Gasteiger partial charge is 0.313 e. The zero-order chi connectivity index (χ0) is 8.39. The highest BCUT2D eigenvalue weighted by Crippen LogP contribution is 2.06. The lowest BCUT2D eigenvalue weighted by atomic mass is 10.1. The van der Waals surface area contributed by atoms with E-state index in [1.165, 1.54) is 45.7 Å². The lowest BCUT2D eigenvalue weighted by Crippen LogP contribution is -2.54. The first-order valence-corrected chi connectivity index (χ1v) is 4.99. The summed E-state index contributed by atoms with van der Waals surface area (Å²) < 4.78 is 0. The van der Waals surface area contributed by atoms with Gasteiger partial charge in [0.15, 0.2) is 0 Å². The van der Waals surface area contributed by atoms with Crippen LogP contribution in [0.5, 0.6) is 0 Å². The summed E-state index contributed by atoms with van der Waals surface area (Å²) in [4.78, 5) is 4.99. The van der Waals surface area contributed by atoms with Gasteiger partial charge in [-0.25, -0.2) is 0 Å². The van der Waals surface area contributed by atoms with Gasteiger partial charge in [0.1, 0.15) is 0 Å². The number of hydrogen-bond acceptors (Lipinski definition) is 3. The molecule has 2 rings (SSSR count). The maximum Gasteiger partial charge on any atom is 0.0207 e. The first-order valence-electron chi connectivity index (χ1n) is 4.99. The highest BCUT2D eigenvalue weighted by Gasteiger charge is 2.21. The van der Waals surface area contributed by atoms with Crippen LogP contribution in [-0.4, -0.2) is 62.2 Å². The lowest BCUT2D eigenvalue weighted by Gasteiger charge is -2.37. The predicted molar refractivity (Wildman–Crippen MR) is 50.3 cm³/mol. The highest BCUT2D eigenvalue weighted by atomic mass is 15.3. The van der Waals surface area contributed by atoms with Gasteiger partial charge in [-0.05, 0) is 20.0 Å². The first-order chi connectivity index (χ1) is 5.84. The van der Waals surface area contributed by atoms with Crippen LogP contribution in [-0.2, 0) is 0 Å². The molecule has 3 nitrogen and oxygen atoms in total. The van der Waals surface area contributed by atoms with Gasteiger partial charge >= 0.3 is 0 Å². The lowest BCUT2D eigenvalue weighted by molar-refractivity contribution is 0.129. The Morgan fingerprint density at radius 2 is 1.92 bits per heavy atom. The minimum Gasteiger partial charge on any atom is -0.313 e. The molecular weight excluding hydrogens is 150 g/mol. The maximum absolute atomic E-state index is 3.45. The number of nitrogens with one attached hydrogen (secondary N) is 1. The molecule has 0 saturated carbocycles. The first kappa shape index (κ1) is 8.48. The Morgan fingerprint density at radius 1 is 1.25 bits per heavy atom. The van der Waals surface area contributed by atoms with Gasteiger partial charge < -0.3 is 10.2 Å². The molecule has 0 amide bonds. The smallest absolute Gasteiger partial charge is 0.0207 e. The minimum absolute atomic E-state index is 0.799. The molecule has 1 atom stereocenters. The second-order valence-corrected chi connectivity index (χ2v) is 4.04. The van der Waals surface area contributed by atoms with Gasteiger partial charge in [-0.15, -0.1) is 0 Å². The normalized spacial score (nSPS) is 33.2. The summed E-state index contributed by atoms with van der Waals surface area (Å²) in [6.07, 6.45) is 1.38. The summed E-state index contributed by atoms with van der Waals surface area (Å²) in [7, 11) is 2.21. The van der Waals surface area contributed by atoms with Gasteiger partial charge in [0.2, 0.25) is 0 Å². The Labute approximate surface area is 74.7 Å². The Balaban J connectivity index is 1.67. The maximum atomic E-state index is 3.45. The zero-order valence-electron chi connectivity index (χ0n) is 7.92. The number of nitrogens with zero attached hydrogens (tertiary/aromatic N) is 2. The quantitative estimate of drug-likeness (QED) is 0.606. The Morgan fingerprint density at radius 3 is 2.42 bits per heavy atom. The topological polar surface area (TPSA) is 18.5 Å². The molecule has 0 bridgehead atoms. The van der Waals surface area contributed by atoms with E-state index < -0.39 is 0 Å². The summed E-state index contributed by atoms with van der Waals surface area (Å²) in [5.74, 6) is 0. The van der Waals surface area contributed by atoms with Crippen LogP contribution in [0.25, 0.3) is 0 Å². The van der Waals surface area contributed by atoms with Crippen LogP contribution in [0, 0.1) is 0 Å². The number of piperazine rings is 1. The molecule has 2 aliphatic rings. The molecule has 0 radical (unpaired) electrons. The molecule has 0 aromatic carbocycles. The van der Waals surface area contributed by atoms with E-state index in [1.807, 2.05) is 0 Å². The van der Waals surface area contributed by atoms with E-state index in [1.54, 1.807) is 0 Å². The fourth-order valence-corrected chi connectivity index (χ4v) is 1.85. The van der Waals surface area contributed by atoms with E-state index in [9.17, 15) is 0 Å². The van der Waals surface area contributed by atoms with Gasteiger partial charge in [-0.2, -0.15) is 0 Å². The molecule has 2 fully saturated rings. The monoisotopic (exact) mass is 169 g/mol. The third-order valence-corrected chi connectivity index (χ3v) is 3.00. The van der Waals surface area contributed by atoms with E-state index in [2.05, 4.69) is 22.2 Å². The van der Waals surface area contributed by atoms with Crippen molar-refractivity contribution in [3.8, 4) is 0 Å². The molecule has 2 heterocycles. The average Bonchev–Trinajstić information content (AvgIpc) is 2.00. The molecule has 0 spiro atoms. The zero-order valence-corrected chi connectivity index (χ0v) is 7.92. The molecule has 0 aromatic rings. The Bertz CT molecular complexity index is 137. The summed E-state index contributed by atoms with van der Waals surface area (Å²) in [5, 5.41) is 3.45.